The molecule has 2 aromatic heterocycles. The van der Waals surface area contributed by atoms with Crippen molar-refractivity contribution in [2.24, 2.45) is 5.92 Å². The van der Waals surface area contributed by atoms with Crippen molar-refractivity contribution in [1.29, 1.82) is 0 Å². The Kier molecular flexibility index (Phi) is 3.18. The zero-order valence-electron chi connectivity index (χ0n) is 13.6. The average molecular weight is 323 g/mol. The van der Waals surface area contributed by atoms with E-state index in [-0.39, 0.29) is 5.56 Å². The minimum Gasteiger partial charge on any atom is -0.356 e. The molecule has 0 bridgehead atoms. The second-order valence-corrected chi connectivity index (χ2v) is 7.40. The highest BCUT2D eigenvalue weighted by molar-refractivity contribution is 5.43. The van der Waals surface area contributed by atoms with E-state index in [2.05, 4.69) is 26.0 Å². The third kappa shape index (κ3) is 2.70. The molecule has 6 heteroatoms. The highest BCUT2D eigenvalue weighted by Crippen LogP contribution is 2.40. The minimum absolute atomic E-state index is 0.0101. The zero-order chi connectivity index (χ0) is 16.1. The number of aromatic nitrogens is 4. The molecule has 0 unspecified atom stereocenters. The monoisotopic (exact) mass is 323 g/mol. The van der Waals surface area contributed by atoms with Gasteiger partial charge in [0, 0.05) is 48.7 Å². The summed E-state index contributed by atoms with van der Waals surface area (Å²) in [5.74, 6) is 2.72. The highest BCUT2D eigenvalue weighted by atomic mass is 16.1. The fraction of sp³-hybridized carbons (Fsp3) is 0.556. The van der Waals surface area contributed by atoms with Crippen LogP contribution in [-0.2, 0) is 6.54 Å². The molecule has 2 saturated carbocycles. The van der Waals surface area contributed by atoms with Crippen LogP contribution in [0.2, 0.25) is 0 Å². The summed E-state index contributed by atoms with van der Waals surface area (Å²) in [6, 6.07) is 5.69. The van der Waals surface area contributed by atoms with Crippen molar-refractivity contribution < 1.29 is 0 Å². The Morgan fingerprint density at radius 1 is 1.00 bits per heavy atom. The largest absolute Gasteiger partial charge is 0.356 e. The number of nitrogens with zero attached hydrogens (tertiary/aromatic N) is 5. The van der Waals surface area contributed by atoms with Gasteiger partial charge >= 0.3 is 0 Å². The van der Waals surface area contributed by atoms with Crippen LogP contribution in [0, 0.1) is 5.92 Å². The maximum atomic E-state index is 12.0. The van der Waals surface area contributed by atoms with Gasteiger partial charge in [0.15, 0.2) is 0 Å². The van der Waals surface area contributed by atoms with Gasteiger partial charge in [-0.2, -0.15) is 5.10 Å². The molecule has 0 spiro atoms. The van der Waals surface area contributed by atoms with Gasteiger partial charge in [-0.1, -0.05) is 0 Å². The summed E-state index contributed by atoms with van der Waals surface area (Å²) in [5.41, 5.74) is 2.27. The topological polar surface area (TPSA) is 63.9 Å². The molecule has 3 fully saturated rings. The lowest BCUT2D eigenvalue weighted by Gasteiger charge is -2.40. The fourth-order valence-electron chi connectivity index (χ4n) is 3.45. The van der Waals surface area contributed by atoms with E-state index >= 15 is 0 Å². The number of anilines is 1. The first-order valence-electron chi connectivity index (χ1n) is 8.91. The van der Waals surface area contributed by atoms with Gasteiger partial charge in [-0.25, -0.2) is 14.6 Å². The first-order valence-corrected chi connectivity index (χ1v) is 8.91. The second kappa shape index (κ2) is 5.40. The molecule has 0 N–H and O–H groups in total. The van der Waals surface area contributed by atoms with Crippen LogP contribution in [0.4, 0.5) is 5.82 Å². The van der Waals surface area contributed by atoms with Gasteiger partial charge in [0.05, 0.1) is 12.2 Å². The summed E-state index contributed by atoms with van der Waals surface area (Å²) in [4.78, 5) is 23.1. The Bertz CT molecular complexity index is 818. The van der Waals surface area contributed by atoms with Crippen LogP contribution >= 0.6 is 0 Å². The van der Waals surface area contributed by atoms with Crippen LogP contribution in [0.25, 0.3) is 0 Å². The maximum absolute atomic E-state index is 12.0. The predicted octanol–water partition coefficient (Wildman–Crippen LogP) is 1.92. The van der Waals surface area contributed by atoms with Gasteiger partial charge in [-0.15, -0.1) is 0 Å². The molecule has 2 aliphatic carbocycles. The van der Waals surface area contributed by atoms with Gasteiger partial charge in [0.1, 0.15) is 12.1 Å². The Hall–Kier alpha value is -2.24. The van der Waals surface area contributed by atoms with Gasteiger partial charge in [0.25, 0.3) is 5.56 Å². The Balaban J connectivity index is 1.24. The standard InChI is InChI=1S/C18H21N5O/c24-18-6-5-15(13-1-2-13)21-23(18)10-12-8-22(9-12)17-7-16(14-3-4-14)19-11-20-17/h5-7,11-14H,1-4,8-10H2. The van der Waals surface area contributed by atoms with E-state index < -0.39 is 0 Å². The summed E-state index contributed by atoms with van der Waals surface area (Å²) in [7, 11) is 0. The van der Waals surface area contributed by atoms with Crippen LogP contribution in [0.15, 0.2) is 29.3 Å². The summed E-state index contributed by atoms with van der Waals surface area (Å²) in [6.45, 7) is 2.57. The van der Waals surface area contributed by atoms with Crippen molar-refractivity contribution in [2.75, 3.05) is 18.0 Å². The van der Waals surface area contributed by atoms with E-state index in [0.717, 1.165) is 24.6 Å². The quantitative estimate of drug-likeness (QED) is 0.841. The van der Waals surface area contributed by atoms with Gasteiger partial charge in [-0.05, 0) is 31.7 Å². The molecule has 3 heterocycles. The van der Waals surface area contributed by atoms with Crippen LogP contribution in [0.3, 0.4) is 0 Å². The molecule has 1 aliphatic heterocycles. The minimum atomic E-state index is 0.0101. The van der Waals surface area contributed by atoms with Crippen molar-refractivity contribution in [3.8, 4) is 0 Å². The van der Waals surface area contributed by atoms with Crippen molar-refractivity contribution in [3.05, 3.63) is 46.3 Å². The van der Waals surface area contributed by atoms with Gasteiger partial charge in [-0.3, -0.25) is 4.79 Å². The molecule has 1 saturated heterocycles. The lowest BCUT2D eigenvalue weighted by Crippen LogP contribution is -2.50. The summed E-state index contributed by atoms with van der Waals surface area (Å²) < 4.78 is 1.66. The highest BCUT2D eigenvalue weighted by Gasteiger charge is 2.31. The molecule has 0 amide bonds. The Morgan fingerprint density at radius 3 is 2.50 bits per heavy atom. The SMILES string of the molecule is O=c1ccc(C2CC2)nn1CC1CN(c2cc(C3CC3)ncn2)C1. The molecule has 0 aromatic carbocycles. The molecule has 3 aliphatic rings. The van der Waals surface area contributed by atoms with Gasteiger partial charge in [0.2, 0.25) is 0 Å². The lowest BCUT2D eigenvalue weighted by atomic mass is 10.00. The number of hydrogen-bond donors (Lipinski definition) is 0. The average Bonchev–Trinajstić information content (AvgIpc) is 3.45. The van der Waals surface area contributed by atoms with Crippen molar-refractivity contribution in [2.45, 2.75) is 44.1 Å². The van der Waals surface area contributed by atoms with Crippen molar-refractivity contribution in [1.82, 2.24) is 19.7 Å². The zero-order valence-corrected chi connectivity index (χ0v) is 13.6. The summed E-state index contributed by atoms with van der Waals surface area (Å²) >= 11 is 0. The Morgan fingerprint density at radius 2 is 1.75 bits per heavy atom. The van der Waals surface area contributed by atoms with E-state index in [9.17, 15) is 4.79 Å². The van der Waals surface area contributed by atoms with Crippen LogP contribution in [0.5, 0.6) is 0 Å². The number of hydrogen-bond acceptors (Lipinski definition) is 5. The fourth-order valence-corrected chi connectivity index (χ4v) is 3.45. The molecule has 2 aromatic rings. The van der Waals surface area contributed by atoms with Crippen LogP contribution in [-0.4, -0.2) is 32.8 Å². The van der Waals surface area contributed by atoms with Crippen molar-refractivity contribution in [3.63, 3.8) is 0 Å². The van der Waals surface area contributed by atoms with Crippen LogP contribution in [0.1, 0.15) is 48.9 Å². The van der Waals surface area contributed by atoms with E-state index in [0.29, 0.717) is 24.3 Å². The molecule has 0 atom stereocenters. The molecule has 24 heavy (non-hydrogen) atoms. The van der Waals surface area contributed by atoms with Crippen molar-refractivity contribution >= 4 is 5.82 Å². The smallest absolute Gasteiger partial charge is 0.266 e. The first-order chi connectivity index (χ1) is 11.8. The predicted molar refractivity (Wildman–Crippen MR) is 90.2 cm³/mol. The van der Waals surface area contributed by atoms with E-state index in [4.69, 9.17) is 0 Å². The molecule has 124 valence electrons. The van der Waals surface area contributed by atoms with E-state index in [1.807, 2.05) is 6.07 Å². The van der Waals surface area contributed by atoms with Gasteiger partial charge < -0.3 is 4.90 Å². The van der Waals surface area contributed by atoms with E-state index in [1.165, 1.54) is 31.4 Å². The molecular weight excluding hydrogens is 302 g/mol. The maximum Gasteiger partial charge on any atom is 0.266 e. The molecule has 5 rings (SSSR count). The first kappa shape index (κ1) is 14.1. The Labute approximate surface area is 140 Å². The molecule has 0 radical (unpaired) electrons. The molecular formula is C18H21N5O. The lowest BCUT2D eigenvalue weighted by molar-refractivity contribution is 0.331. The van der Waals surface area contributed by atoms with E-state index in [1.54, 1.807) is 17.1 Å². The second-order valence-electron chi connectivity index (χ2n) is 7.40. The normalized spacial score (nSPS) is 20.9. The number of rotatable bonds is 5. The third-order valence-corrected chi connectivity index (χ3v) is 5.26. The molecule has 6 nitrogen and oxygen atoms in total. The van der Waals surface area contributed by atoms with Crippen LogP contribution < -0.4 is 10.5 Å². The summed E-state index contributed by atoms with van der Waals surface area (Å²) in [5, 5.41) is 4.56. The third-order valence-electron chi connectivity index (χ3n) is 5.26. The summed E-state index contributed by atoms with van der Waals surface area (Å²) in [6.07, 6.45) is 6.61.